The van der Waals surface area contributed by atoms with Crippen LogP contribution in [0.2, 0.25) is 0 Å². The summed E-state index contributed by atoms with van der Waals surface area (Å²) in [5.74, 6) is 2.83. The number of carbonyl (C=O) groups is 1. The maximum atomic E-state index is 13.8. The number of fused-ring (bicyclic) bond motifs is 1. The van der Waals surface area contributed by atoms with Crippen molar-refractivity contribution in [2.75, 3.05) is 37.5 Å². The minimum atomic E-state index is -0.321. The van der Waals surface area contributed by atoms with Crippen LogP contribution in [0.15, 0.2) is 79.0 Å². The normalized spacial score (nSPS) is 13.1. The molecule has 0 fully saturated rings. The average molecular weight is 724 g/mol. The molecule has 3 heterocycles. The molecule has 3 aromatic heterocycles. The third kappa shape index (κ3) is 10.3. The average Bonchev–Trinajstić information content (AvgIpc) is 3.71. The molecule has 5 aromatic rings. The van der Waals surface area contributed by atoms with Crippen molar-refractivity contribution >= 4 is 23.4 Å². The fourth-order valence-electron chi connectivity index (χ4n) is 6.26. The van der Waals surface area contributed by atoms with Crippen LogP contribution < -0.4 is 25.0 Å². The first-order valence-corrected chi connectivity index (χ1v) is 18.6. The van der Waals surface area contributed by atoms with Crippen molar-refractivity contribution in [3.8, 4) is 17.2 Å². The van der Waals surface area contributed by atoms with Gasteiger partial charge in [0.25, 0.3) is 0 Å². The van der Waals surface area contributed by atoms with Crippen LogP contribution in [0.4, 0.5) is 16.6 Å². The van der Waals surface area contributed by atoms with E-state index in [1.165, 1.54) is 0 Å². The Balaban J connectivity index is 1.30. The highest BCUT2D eigenvalue weighted by atomic mass is 16.5. The van der Waals surface area contributed by atoms with E-state index in [2.05, 4.69) is 86.0 Å². The van der Waals surface area contributed by atoms with Crippen LogP contribution in [0.3, 0.4) is 0 Å². The first-order chi connectivity index (χ1) is 25.2. The molecule has 0 radical (unpaired) electrons. The number of nitrogens with one attached hydrogen (secondary N) is 2. The quantitative estimate of drug-likeness (QED) is 0.106. The summed E-state index contributed by atoms with van der Waals surface area (Å²) in [4.78, 5) is 18.1. The molecule has 0 aliphatic carbocycles. The Labute approximate surface area is 314 Å². The first-order valence-electron chi connectivity index (χ1n) is 18.6. The van der Waals surface area contributed by atoms with Crippen LogP contribution >= 0.6 is 0 Å². The molecule has 12 nitrogen and oxygen atoms in total. The van der Waals surface area contributed by atoms with Crippen LogP contribution in [0, 0.1) is 0 Å². The topological polar surface area (TPSA) is 114 Å². The Kier molecular flexibility index (Phi) is 12.7. The van der Waals surface area contributed by atoms with E-state index in [9.17, 15) is 4.79 Å². The van der Waals surface area contributed by atoms with Crippen molar-refractivity contribution in [2.45, 2.75) is 97.9 Å². The number of aromatic nitrogens is 5. The second-order valence-electron chi connectivity index (χ2n) is 15.5. The molecule has 0 spiro atoms. The van der Waals surface area contributed by atoms with Crippen LogP contribution in [0.5, 0.6) is 11.5 Å². The van der Waals surface area contributed by atoms with Crippen molar-refractivity contribution in [3.05, 3.63) is 90.3 Å². The molecule has 284 valence electrons. The zero-order valence-corrected chi connectivity index (χ0v) is 33.0. The molecule has 5 rings (SSSR count). The lowest BCUT2D eigenvalue weighted by Gasteiger charge is -2.30. The summed E-state index contributed by atoms with van der Waals surface area (Å²) in [6, 6.07) is 23.5. The molecular formula is C41H57N9O3. The molecule has 53 heavy (non-hydrogen) atoms. The van der Waals surface area contributed by atoms with Crippen LogP contribution in [0.1, 0.15) is 85.5 Å². The Hall–Kier alpha value is -5.10. The monoisotopic (exact) mass is 723 g/mol. The van der Waals surface area contributed by atoms with Gasteiger partial charge in [0.2, 0.25) is 5.95 Å². The molecule has 0 unspecified atom stereocenters. The molecular weight excluding hydrogens is 667 g/mol. The molecule has 0 aliphatic heterocycles. The highest BCUT2D eigenvalue weighted by Crippen LogP contribution is 2.29. The molecule has 0 saturated carbocycles. The smallest absolute Gasteiger partial charge is 0.320 e. The number of rotatable bonds is 16. The van der Waals surface area contributed by atoms with Crippen molar-refractivity contribution < 1.29 is 14.3 Å². The molecule has 0 saturated heterocycles. The van der Waals surface area contributed by atoms with E-state index in [0.29, 0.717) is 25.3 Å². The summed E-state index contributed by atoms with van der Waals surface area (Å²) < 4.78 is 16.2. The lowest BCUT2D eigenvalue weighted by molar-refractivity contribution is 0.199. The Morgan fingerprint density at radius 3 is 2.28 bits per heavy atom. The van der Waals surface area contributed by atoms with E-state index < -0.39 is 0 Å². The summed E-state index contributed by atoms with van der Waals surface area (Å²) >= 11 is 0. The van der Waals surface area contributed by atoms with E-state index in [-0.39, 0.29) is 35.7 Å². The fourth-order valence-corrected chi connectivity index (χ4v) is 6.26. The summed E-state index contributed by atoms with van der Waals surface area (Å²) in [6.45, 7) is 18.4. The number of anilines is 2. The Bertz CT molecular complexity index is 1920. The molecule has 12 heteroatoms. The van der Waals surface area contributed by atoms with Gasteiger partial charge in [0.05, 0.1) is 29.7 Å². The van der Waals surface area contributed by atoms with Gasteiger partial charge in [-0.15, -0.1) is 10.2 Å². The summed E-state index contributed by atoms with van der Waals surface area (Å²) in [5, 5.41) is 20.1. The van der Waals surface area contributed by atoms with Gasteiger partial charge in [0.15, 0.2) is 5.65 Å². The van der Waals surface area contributed by atoms with E-state index in [4.69, 9.17) is 14.6 Å². The number of benzene rings is 2. The van der Waals surface area contributed by atoms with Gasteiger partial charge < -0.3 is 24.6 Å². The minimum absolute atomic E-state index is 0.127. The van der Waals surface area contributed by atoms with Crippen molar-refractivity contribution in [1.82, 2.24) is 34.6 Å². The SMILES string of the molecule is CC(C)N(c1nnc2ccc(O[C@@H](C)CC[C@H](NC(=O)Nc3cc(C(C)(C)C)nn3-c3cccc(OCCN(C)C)c3)c3ccccc3)cn12)C(C)C. The first kappa shape index (κ1) is 39.1. The van der Waals surface area contributed by atoms with Gasteiger partial charge in [-0.2, -0.15) is 5.10 Å². The third-order valence-corrected chi connectivity index (χ3v) is 9.00. The van der Waals surface area contributed by atoms with E-state index in [0.717, 1.165) is 46.6 Å². The number of urea groups is 1. The number of hydrogen-bond acceptors (Lipinski definition) is 8. The maximum absolute atomic E-state index is 13.8. The van der Waals surface area contributed by atoms with Gasteiger partial charge in [-0.3, -0.25) is 9.72 Å². The molecule has 2 amide bonds. The van der Waals surface area contributed by atoms with Crippen molar-refractivity contribution in [2.24, 2.45) is 0 Å². The fraction of sp³-hybridized carbons (Fsp3) is 0.463. The van der Waals surface area contributed by atoms with E-state index in [1.54, 1.807) is 4.68 Å². The number of pyridine rings is 1. The number of hydrogen-bond donors (Lipinski definition) is 2. The number of amides is 2. The molecule has 0 bridgehead atoms. The number of ether oxygens (including phenoxy) is 2. The second kappa shape index (κ2) is 17.2. The summed E-state index contributed by atoms with van der Waals surface area (Å²) in [5.41, 5.74) is 3.20. The standard InChI is InChI=1S/C41H57N9O3/c1-28(2)49(29(3)4)40-45-44-37-22-20-34(27-48(37)40)53-30(5)19-21-35(31-15-12-11-13-16-31)42-39(51)43-38-26-36(41(6,7)8)46-50(38)32-17-14-18-33(25-32)52-24-23-47(9)10/h11-18,20,22,25-30,35H,19,21,23-24H2,1-10H3,(H2,42,43,51)/t30-,35-/m0/s1. The summed E-state index contributed by atoms with van der Waals surface area (Å²) in [7, 11) is 4.03. The number of carbonyl (C=O) groups excluding carboxylic acids is 1. The van der Waals surface area contributed by atoms with Gasteiger partial charge in [0.1, 0.15) is 23.9 Å². The molecule has 2 atom stereocenters. The van der Waals surface area contributed by atoms with Crippen molar-refractivity contribution in [1.29, 1.82) is 0 Å². The highest BCUT2D eigenvalue weighted by Gasteiger charge is 2.24. The zero-order chi connectivity index (χ0) is 38.3. The van der Waals surface area contributed by atoms with E-state index >= 15 is 0 Å². The maximum Gasteiger partial charge on any atom is 0.320 e. The van der Waals surface area contributed by atoms with Crippen molar-refractivity contribution in [3.63, 3.8) is 0 Å². The highest BCUT2D eigenvalue weighted by molar-refractivity contribution is 5.89. The zero-order valence-electron chi connectivity index (χ0n) is 33.0. The minimum Gasteiger partial charge on any atom is -0.492 e. The number of likely N-dealkylation sites (N-methyl/N-ethyl adjacent to an activating group) is 1. The molecule has 0 aliphatic rings. The predicted octanol–water partition coefficient (Wildman–Crippen LogP) is 7.89. The Morgan fingerprint density at radius 1 is 0.868 bits per heavy atom. The molecule has 2 N–H and O–H groups in total. The number of nitrogens with zero attached hydrogens (tertiary/aromatic N) is 7. The largest absolute Gasteiger partial charge is 0.492 e. The van der Waals surface area contributed by atoms with Crippen LogP contribution in [-0.2, 0) is 5.41 Å². The lowest BCUT2D eigenvalue weighted by Crippen LogP contribution is -2.38. The van der Waals surface area contributed by atoms with Crippen LogP contribution in [-0.4, -0.2) is 80.7 Å². The molecule has 2 aromatic carbocycles. The predicted molar refractivity (Wildman–Crippen MR) is 213 cm³/mol. The van der Waals surface area contributed by atoms with Gasteiger partial charge in [0, 0.05) is 36.2 Å². The van der Waals surface area contributed by atoms with Gasteiger partial charge in [-0.05, 0) is 91.4 Å². The van der Waals surface area contributed by atoms with Crippen LogP contribution in [0.25, 0.3) is 11.3 Å². The van der Waals surface area contributed by atoms with Gasteiger partial charge >= 0.3 is 6.03 Å². The third-order valence-electron chi connectivity index (χ3n) is 9.00. The van der Waals surface area contributed by atoms with Gasteiger partial charge in [-0.25, -0.2) is 9.48 Å². The Morgan fingerprint density at radius 2 is 1.60 bits per heavy atom. The van der Waals surface area contributed by atoms with Gasteiger partial charge in [-0.1, -0.05) is 57.2 Å². The second-order valence-corrected chi connectivity index (χ2v) is 15.5. The van der Waals surface area contributed by atoms with E-state index in [1.807, 2.05) is 97.5 Å². The summed E-state index contributed by atoms with van der Waals surface area (Å²) in [6.07, 6.45) is 3.19. The lowest BCUT2D eigenvalue weighted by atomic mass is 9.92.